The van der Waals surface area contributed by atoms with Crippen molar-refractivity contribution in [1.82, 2.24) is 5.32 Å². The molecule has 1 aromatic carbocycles. The Hall–Kier alpha value is -1.61. The van der Waals surface area contributed by atoms with E-state index >= 15 is 0 Å². The topological polar surface area (TPSA) is 29.1 Å². The number of thiophene rings is 1. The fourth-order valence-electron chi connectivity index (χ4n) is 2.32. The van der Waals surface area contributed by atoms with Gasteiger partial charge >= 0.3 is 0 Å². The van der Waals surface area contributed by atoms with Gasteiger partial charge in [-0.05, 0) is 34.9 Å². The van der Waals surface area contributed by atoms with Crippen molar-refractivity contribution in [2.75, 3.05) is 0 Å². The molecule has 0 aliphatic rings. The molecule has 2 nitrogen and oxygen atoms in total. The molecule has 0 fully saturated rings. The number of hydrogen-bond acceptors (Lipinski definition) is 2. The van der Waals surface area contributed by atoms with Gasteiger partial charge in [0, 0.05) is 10.8 Å². The molecule has 118 valence electrons. The van der Waals surface area contributed by atoms with Gasteiger partial charge in [0.2, 0.25) is 5.91 Å². The molecule has 1 aromatic heterocycles. The fraction of sp³-hybridized carbons (Fsp3) is 0.421. The first-order valence-electron chi connectivity index (χ1n) is 7.96. The Labute approximate surface area is 137 Å². The number of amides is 1. The van der Waals surface area contributed by atoms with Gasteiger partial charge in [-0.25, -0.2) is 0 Å². The number of carbonyl (C=O) groups excluding carboxylic acids is 1. The Morgan fingerprint density at radius 2 is 1.73 bits per heavy atom. The summed E-state index contributed by atoms with van der Waals surface area (Å²) in [6.45, 7) is 8.40. The highest BCUT2D eigenvalue weighted by Gasteiger charge is 2.20. The summed E-state index contributed by atoms with van der Waals surface area (Å²) in [7, 11) is 0. The van der Waals surface area contributed by atoms with Gasteiger partial charge in [-0.1, -0.05) is 58.0 Å². The van der Waals surface area contributed by atoms with E-state index < -0.39 is 0 Å². The summed E-state index contributed by atoms with van der Waals surface area (Å²) in [6.07, 6.45) is 0.856. The van der Waals surface area contributed by atoms with Gasteiger partial charge in [-0.3, -0.25) is 4.79 Å². The molecule has 2 atom stereocenters. The smallest absolute Gasteiger partial charge is 0.223 e. The average Bonchev–Trinajstić information content (AvgIpc) is 3.05. The third kappa shape index (κ3) is 3.98. The molecule has 0 spiro atoms. The van der Waals surface area contributed by atoms with Crippen LogP contribution in [0.1, 0.15) is 62.1 Å². The SMILES string of the molecule is CCC(C)C(=O)NC(c1ccc(C(C)C)cc1)c1cccs1. The van der Waals surface area contributed by atoms with Gasteiger partial charge in [0.1, 0.15) is 0 Å². The molecule has 0 bridgehead atoms. The zero-order valence-corrected chi connectivity index (χ0v) is 14.6. The maximum Gasteiger partial charge on any atom is 0.223 e. The van der Waals surface area contributed by atoms with E-state index in [0.717, 1.165) is 12.0 Å². The second-order valence-corrected chi connectivity index (χ2v) is 7.07. The molecule has 2 aromatic rings. The average molecular weight is 315 g/mol. The quantitative estimate of drug-likeness (QED) is 0.787. The predicted molar refractivity (Wildman–Crippen MR) is 94.3 cm³/mol. The molecule has 0 aliphatic heterocycles. The highest BCUT2D eigenvalue weighted by Crippen LogP contribution is 2.28. The number of nitrogens with one attached hydrogen (secondary N) is 1. The van der Waals surface area contributed by atoms with Crippen LogP contribution in [-0.4, -0.2) is 5.91 Å². The van der Waals surface area contributed by atoms with Crippen molar-refractivity contribution in [2.45, 2.75) is 46.1 Å². The summed E-state index contributed by atoms with van der Waals surface area (Å²) in [5, 5.41) is 5.26. The van der Waals surface area contributed by atoms with Crippen LogP contribution in [0.25, 0.3) is 0 Å². The summed E-state index contributed by atoms with van der Waals surface area (Å²) in [4.78, 5) is 13.5. The highest BCUT2D eigenvalue weighted by molar-refractivity contribution is 7.10. The van der Waals surface area contributed by atoms with Gasteiger partial charge in [0.25, 0.3) is 0 Å². The third-order valence-electron chi connectivity index (χ3n) is 4.11. The van der Waals surface area contributed by atoms with E-state index in [9.17, 15) is 4.79 Å². The Morgan fingerprint density at radius 3 is 2.23 bits per heavy atom. The molecular formula is C19H25NOS. The Morgan fingerprint density at radius 1 is 1.09 bits per heavy atom. The van der Waals surface area contributed by atoms with Crippen LogP contribution in [0.5, 0.6) is 0 Å². The van der Waals surface area contributed by atoms with Crippen molar-refractivity contribution in [3.05, 3.63) is 57.8 Å². The van der Waals surface area contributed by atoms with Crippen LogP contribution >= 0.6 is 11.3 Å². The largest absolute Gasteiger partial charge is 0.344 e. The lowest BCUT2D eigenvalue weighted by atomic mass is 9.98. The minimum atomic E-state index is -0.0530. The van der Waals surface area contributed by atoms with Crippen molar-refractivity contribution in [1.29, 1.82) is 0 Å². The van der Waals surface area contributed by atoms with E-state index in [1.807, 2.05) is 19.9 Å². The van der Waals surface area contributed by atoms with Crippen molar-refractivity contribution in [3.8, 4) is 0 Å². The molecule has 1 N–H and O–H groups in total. The van der Waals surface area contributed by atoms with E-state index in [4.69, 9.17) is 0 Å². The summed E-state index contributed by atoms with van der Waals surface area (Å²) in [6, 6.07) is 12.7. The molecule has 2 rings (SSSR count). The zero-order valence-electron chi connectivity index (χ0n) is 13.8. The van der Waals surface area contributed by atoms with Crippen LogP contribution < -0.4 is 5.32 Å². The van der Waals surface area contributed by atoms with E-state index in [1.165, 1.54) is 10.4 Å². The third-order valence-corrected chi connectivity index (χ3v) is 5.05. The van der Waals surface area contributed by atoms with Crippen molar-refractivity contribution in [2.24, 2.45) is 5.92 Å². The number of rotatable bonds is 6. The van der Waals surface area contributed by atoms with Crippen LogP contribution in [0.3, 0.4) is 0 Å². The first kappa shape index (κ1) is 16.8. The minimum Gasteiger partial charge on any atom is -0.344 e. The monoisotopic (exact) mass is 315 g/mol. The van der Waals surface area contributed by atoms with Crippen molar-refractivity contribution >= 4 is 17.2 Å². The summed E-state index contributed by atoms with van der Waals surface area (Å²) < 4.78 is 0. The Bertz CT molecular complexity index is 586. The molecular weight excluding hydrogens is 290 g/mol. The number of carbonyl (C=O) groups is 1. The molecule has 0 saturated carbocycles. The van der Waals surface area contributed by atoms with Crippen LogP contribution in [0, 0.1) is 5.92 Å². The van der Waals surface area contributed by atoms with Gasteiger partial charge in [0.15, 0.2) is 0 Å². The van der Waals surface area contributed by atoms with E-state index in [0.29, 0.717) is 5.92 Å². The lowest BCUT2D eigenvalue weighted by molar-refractivity contribution is -0.125. The normalized spacial score (nSPS) is 13.9. The van der Waals surface area contributed by atoms with Gasteiger partial charge in [0.05, 0.1) is 6.04 Å². The molecule has 3 heteroatoms. The Balaban J connectivity index is 2.27. The molecule has 0 saturated heterocycles. The molecule has 0 aliphatic carbocycles. The maximum atomic E-state index is 12.3. The van der Waals surface area contributed by atoms with Crippen molar-refractivity contribution in [3.63, 3.8) is 0 Å². The maximum absolute atomic E-state index is 12.3. The molecule has 0 radical (unpaired) electrons. The van der Waals surface area contributed by atoms with E-state index in [-0.39, 0.29) is 17.9 Å². The zero-order chi connectivity index (χ0) is 16.1. The summed E-state index contributed by atoms with van der Waals surface area (Å²) in [5.74, 6) is 0.676. The van der Waals surface area contributed by atoms with Gasteiger partial charge < -0.3 is 5.32 Å². The first-order valence-corrected chi connectivity index (χ1v) is 8.84. The highest BCUT2D eigenvalue weighted by atomic mass is 32.1. The predicted octanol–water partition coefficient (Wildman–Crippen LogP) is 5.12. The fourth-order valence-corrected chi connectivity index (χ4v) is 3.12. The molecule has 22 heavy (non-hydrogen) atoms. The van der Waals surface area contributed by atoms with Crippen LogP contribution in [0.15, 0.2) is 41.8 Å². The lowest BCUT2D eigenvalue weighted by Gasteiger charge is -2.21. The Kier molecular flexibility index (Phi) is 5.78. The van der Waals surface area contributed by atoms with E-state index in [2.05, 4.69) is 54.9 Å². The van der Waals surface area contributed by atoms with Crippen LogP contribution in [-0.2, 0) is 4.79 Å². The minimum absolute atomic E-state index is 0.0393. The number of benzene rings is 1. The lowest BCUT2D eigenvalue weighted by Crippen LogP contribution is -2.32. The standard InChI is InChI=1S/C19H25NOS/c1-5-14(4)19(21)20-18(17-7-6-12-22-17)16-10-8-15(9-11-16)13(2)3/h6-14,18H,5H2,1-4H3,(H,20,21). The first-order chi connectivity index (χ1) is 10.5. The van der Waals surface area contributed by atoms with Gasteiger partial charge in [-0.2, -0.15) is 0 Å². The number of hydrogen-bond donors (Lipinski definition) is 1. The second-order valence-electron chi connectivity index (χ2n) is 6.09. The van der Waals surface area contributed by atoms with Crippen LogP contribution in [0.4, 0.5) is 0 Å². The van der Waals surface area contributed by atoms with E-state index in [1.54, 1.807) is 11.3 Å². The van der Waals surface area contributed by atoms with Crippen LogP contribution in [0.2, 0.25) is 0 Å². The summed E-state index contributed by atoms with van der Waals surface area (Å²) in [5.41, 5.74) is 2.46. The molecule has 2 unspecified atom stereocenters. The van der Waals surface area contributed by atoms with Gasteiger partial charge in [-0.15, -0.1) is 11.3 Å². The van der Waals surface area contributed by atoms with Crippen molar-refractivity contribution < 1.29 is 4.79 Å². The summed E-state index contributed by atoms with van der Waals surface area (Å²) >= 11 is 1.68. The second kappa shape index (κ2) is 7.59. The molecule has 1 heterocycles. The molecule has 1 amide bonds.